The van der Waals surface area contributed by atoms with Gasteiger partial charge in [0.25, 0.3) is 7.82 Å². The third-order valence-corrected chi connectivity index (χ3v) is 6.49. The Morgan fingerprint density at radius 3 is 1.00 bits per heavy atom. The molecule has 6 heteroatoms. The van der Waals surface area contributed by atoms with Crippen molar-refractivity contribution in [2.24, 2.45) is 0 Å². The van der Waals surface area contributed by atoms with Crippen LogP contribution in [-0.4, -0.2) is 13.2 Å². The predicted octanol–water partition coefficient (Wildman–Crippen LogP) is 8.33. The fourth-order valence-corrected chi connectivity index (χ4v) is 4.35. The van der Waals surface area contributed by atoms with Crippen LogP contribution in [0.25, 0.3) is 0 Å². The summed E-state index contributed by atoms with van der Waals surface area (Å²) >= 11 is 0. The summed E-state index contributed by atoms with van der Waals surface area (Å²) in [6.45, 7) is 5.00. The first kappa shape index (κ1) is 32.8. The zero-order valence-electron chi connectivity index (χ0n) is 20.0. The maximum atomic E-state index is 11.7. The fraction of sp³-hybridized carbons (Fsp3) is 1.00. The van der Waals surface area contributed by atoms with Gasteiger partial charge in [0.15, 0.2) is 0 Å². The van der Waals surface area contributed by atoms with Crippen molar-refractivity contribution in [1.82, 2.24) is 0 Å². The van der Waals surface area contributed by atoms with Gasteiger partial charge in [-0.05, 0) is 12.8 Å². The van der Waals surface area contributed by atoms with Crippen molar-refractivity contribution in [3.63, 3.8) is 0 Å². The third kappa shape index (κ3) is 26.7. The molecule has 0 aromatic heterocycles. The topological polar surface area (TPSA) is 58.6 Å². The molecule has 0 N–H and O–H groups in total. The van der Waals surface area contributed by atoms with Gasteiger partial charge >= 0.3 is 17.1 Å². The summed E-state index contributed by atoms with van der Waals surface area (Å²) in [6.07, 6.45) is 24.5. The number of hydrogen-bond donors (Lipinski definition) is 0. The SMILES string of the molecule is CCCCCCCCCCCCOP(=O)([O-])OCCCCCCCCCCCC.[Fe+2]. The Morgan fingerprint density at radius 2 is 0.733 bits per heavy atom. The molecule has 0 rings (SSSR count). The monoisotopic (exact) mass is 489 g/mol. The zero-order chi connectivity index (χ0) is 21.5. The first-order chi connectivity index (χ1) is 14.1. The molecule has 4 nitrogen and oxygen atoms in total. The Bertz CT molecular complexity index is 339. The molecule has 0 heterocycles. The number of unbranched alkanes of at least 4 members (excludes halogenated alkanes) is 18. The van der Waals surface area contributed by atoms with Crippen LogP contribution >= 0.6 is 7.82 Å². The van der Waals surface area contributed by atoms with Gasteiger partial charge in [0.1, 0.15) is 0 Å². The summed E-state index contributed by atoms with van der Waals surface area (Å²) in [4.78, 5) is 11.7. The van der Waals surface area contributed by atoms with E-state index in [4.69, 9.17) is 9.05 Å². The average molecular weight is 489 g/mol. The van der Waals surface area contributed by atoms with E-state index in [0.717, 1.165) is 25.7 Å². The van der Waals surface area contributed by atoms with Gasteiger partial charge < -0.3 is 13.9 Å². The van der Waals surface area contributed by atoms with Gasteiger partial charge in [-0.1, -0.05) is 129 Å². The molecule has 0 bridgehead atoms. The molecule has 0 saturated heterocycles. The van der Waals surface area contributed by atoms with Gasteiger partial charge in [-0.3, -0.25) is 4.57 Å². The van der Waals surface area contributed by atoms with Crippen LogP contribution in [0.5, 0.6) is 0 Å². The summed E-state index contributed by atoms with van der Waals surface area (Å²) in [5.74, 6) is 0. The van der Waals surface area contributed by atoms with Gasteiger partial charge in [-0.25, -0.2) is 0 Å². The minimum Gasteiger partial charge on any atom is -0.756 e. The average Bonchev–Trinajstić information content (AvgIpc) is 2.70. The summed E-state index contributed by atoms with van der Waals surface area (Å²) in [6, 6.07) is 0. The standard InChI is InChI=1S/C24H51O4P.Fe/c1-3-5-7-9-11-13-15-17-19-21-23-27-29(25,26)28-24-22-20-18-16-14-12-10-8-6-4-2;/h3-24H2,1-2H3,(H,25,26);/q;+2/p-1. The Morgan fingerprint density at radius 1 is 0.500 bits per heavy atom. The van der Waals surface area contributed by atoms with Crippen molar-refractivity contribution in [2.45, 2.75) is 142 Å². The maximum absolute atomic E-state index is 11.7. The van der Waals surface area contributed by atoms with Crippen LogP contribution in [0.3, 0.4) is 0 Å². The third-order valence-electron chi connectivity index (χ3n) is 5.49. The van der Waals surface area contributed by atoms with E-state index < -0.39 is 7.82 Å². The van der Waals surface area contributed by atoms with E-state index in [1.807, 2.05) is 0 Å². The quantitative estimate of drug-likeness (QED) is 0.0777. The van der Waals surface area contributed by atoms with Crippen LogP contribution in [0, 0.1) is 0 Å². The van der Waals surface area contributed by atoms with Crippen molar-refractivity contribution < 1.29 is 35.6 Å². The van der Waals surface area contributed by atoms with Crippen molar-refractivity contribution in [1.29, 1.82) is 0 Å². The van der Waals surface area contributed by atoms with E-state index in [1.165, 1.54) is 103 Å². The molecule has 0 saturated carbocycles. The summed E-state index contributed by atoms with van der Waals surface area (Å²) < 4.78 is 21.7. The van der Waals surface area contributed by atoms with Gasteiger partial charge in [0.2, 0.25) is 0 Å². The van der Waals surface area contributed by atoms with E-state index in [2.05, 4.69) is 13.8 Å². The van der Waals surface area contributed by atoms with Crippen molar-refractivity contribution in [2.75, 3.05) is 13.2 Å². The summed E-state index contributed by atoms with van der Waals surface area (Å²) in [5, 5.41) is 0. The van der Waals surface area contributed by atoms with Crippen molar-refractivity contribution in [3.05, 3.63) is 0 Å². The van der Waals surface area contributed by atoms with Gasteiger partial charge in [0.05, 0.1) is 13.2 Å². The Kier molecular flexibility index (Phi) is 28.3. The predicted molar refractivity (Wildman–Crippen MR) is 123 cm³/mol. The summed E-state index contributed by atoms with van der Waals surface area (Å²) in [5.41, 5.74) is 0. The van der Waals surface area contributed by atoms with Gasteiger partial charge in [0, 0.05) is 0 Å². The molecule has 0 fully saturated rings. The number of rotatable bonds is 24. The number of phosphoric acid groups is 1. The van der Waals surface area contributed by atoms with E-state index in [-0.39, 0.29) is 30.3 Å². The molecule has 0 aliphatic heterocycles. The first-order valence-electron chi connectivity index (χ1n) is 12.7. The van der Waals surface area contributed by atoms with Crippen LogP contribution in [-0.2, 0) is 30.7 Å². The van der Waals surface area contributed by atoms with Crippen LogP contribution in [0.2, 0.25) is 0 Å². The second-order valence-corrected chi connectivity index (χ2v) is 9.89. The minimum atomic E-state index is -4.10. The largest absolute Gasteiger partial charge is 2.00 e. The molecule has 0 aromatic carbocycles. The van der Waals surface area contributed by atoms with Crippen LogP contribution in [0.1, 0.15) is 142 Å². The van der Waals surface area contributed by atoms with E-state index >= 15 is 0 Å². The Labute approximate surface area is 198 Å². The molecule has 0 unspecified atom stereocenters. The number of phosphoric ester groups is 1. The molecule has 182 valence electrons. The minimum absolute atomic E-state index is 0. The molecule has 30 heavy (non-hydrogen) atoms. The smallest absolute Gasteiger partial charge is 0.756 e. The fourth-order valence-electron chi connectivity index (χ4n) is 3.57. The molecular weight excluding hydrogens is 439 g/mol. The van der Waals surface area contributed by atoms with Gasteiger partial charge in [-0.15, -0.1) is 0 Å². The van der Waals surface area contributed by atoms with Crippen LogP contribution in [0.15, 0.2) is 0 Å². The van der Waals surface area contributed by atoms with E-state index in [9.17, 15) is 9.46 Å². The van der Waals surface area contributed by atoms with Crippen LogP contribution < -0.4 is 4.89 Å². The van der Waals surface area contributed by atoms with Crippen molar-refractivity contribution >= 4 is 7.82 Å². The second-order valence-electron chi connectivity index (χ2n) is 8.48. The maximum Gasteiger partial charge on any atom is 2.00 e. The first-order valence-corrected chi connectivity index (χ1v) is 14.2. The second kappa shape index (κ2) is 25.9. The molecule has 0 aliphatic carbocycles. The van der Waals surface area contributed by atoms with E-state index in [0.29, 0.717) is 0 Å². The Hall–Kier alpha value is 0.629. The molecule has 0 aromatic rings. The van der Waals surface area contributed by atoms with Gasteiger partial charge in [-0.2, -0.15) is 0 Å². The molecule has 0 spiro atoms. The molecule has 0 radical (unpaired) electrons. The normalized spacial score (nSPS) is 11.6. The molecule has 0 atom stereocenters. The number of hydrogen-bond acceptors (Lipinski definition) is 4. The van der Waals surface area contributed by atoms with E-state index in [1.54, 1.807) is 0 Å². The molecule has 0 amide bonds. The van der Waals surface area contributed by atoms with Crippen molar-refractivity contribution in [3.8, 4) is 0 Å². The Balaban J connectivity index is 0. The summed E-state index contributed by atoms with van der Waals surface area (Å²) in [7, 11) is -4.10. The van der Waals surface area contributed by atoms with Crippen LogP contribution in [0.4, 0.5) is 0 Å². The molecular formula is C24H50FeO4P+. The molecule has 0 aliphatic rings. The zero-order valence-corrected chi connectivity index (χ0v) is 22.0.